The number of hydrogen-bond donors (Lipinski definition) is 4. The normalized spacial score (nSPS) is 30.3. The zero-order valence-electron chi connectivity index (χ0n) is 38.2. The number of ether oxygens (including phenoxy) is 6. The Labute approximate surface area is 387 Å². The highest BCUT2D eigenvalue weighted by atomic mass is 16.6. The number of aliphatic hydroxyl groups is 2. The first kappa shape index (κ1) is 48.7. The van der Waals surface area contributed by atoms with Crippen molar-refractivity contribution in [1.29, 1.82) is 0 Å². The number of Topliss-reactive ketones (excluding diaryl/α,β-unsaturated/α-hetero) is 1. The molecule has 11 atom stereocenters. The van der Waals surface area contributed by atoms with Crippen LogP contribution in [-0.4, -0.2) is 113 Å². The molecule has 5 unspecified atom stereocenters. The lowest BCUT2D eigenvalue weighted by Gasteiger charge is -2.67. The van der Waals surface area contributed by atoms with Crippen molar-refractivity contribution in [2.24, 2.45) is 16.7 Å². The van der Waals surface area contributed by atoms with Crippen molar-refractivity contribution in [2.45, 2.75) is 115 Å². The van der Waals surface area contributed by atoms with Crippen molar-refractivity contribution in [1.82, 2.24) is 5.32 Å². The highest BCUT2D eigenvalue weighted by molar-refractivity contribution is 5.96. The van der Waals surface area contributed by atoms with E-state index in [1.54, 1.807) is 92.7 Å². The monoisotopic (exact) mass is 925 g/mol. The summed E-state index contributed by atoms with van der Waals surface area (Å²) >= 11 is 0. The topological polar surface area (TPSA) is 255 Å². The van der Waals surface area contributed by atoms with Crippen LogP contribution in [0, 0.1) is 16.7 Å². The lowest BCUT2D eigenvalue weighted by molar-refractivity contribution is -0.366. The zero-order valence-corrected chi connectivity index (χ0v) is 38.2. The summed E-state index contributed by atoms with van der Waals surface area (Å²) in [6.07, 6.45) is -10.8. The predicted molar refractivity (Wildman–Crippen MR) is 234 cm³/mol. The van der Waals surface area contributed by atoms with Crippen LogP contribution in [0.15, 0.2) is 102 Å². The van der Waals surface area contributed by atoms with Crippen molar-refractivity contribution in [3.63, 3.8) is 0 Å². The molecule has 1 aliphatic heterocycles. The van der Waals surface area contributed by atoms with Crippen molar-refractivity contribution < 1.29 is 77.9 Å². The maximum atomic E-state index is 15.6. The van der Waals surface area contributed by atoms with Crippen LogP contribution in [0.1, 0.15) is 93.1 Å². The molecular weight excluding hydrogens is 869 g/mol. The van der Waals surface area contributed by atoms with Crippen molar-refractivity contribution >= 4 is 41.5 Å². The number of carbonyl (C=O) groups excluding carboxylic acids is 7. The number of quaternary nitrogens is 1. The van der Waals surface area contributed by atoms with E-state index in [2.05, 4.69) is 11.1 Å². The van der Waals surface area contributed by atoms with Gasteiger partial charge in [0, 0.05) is 37.7 Å². The van der Waals surface area contributed by atoms with E-state index in [4.69, 9.17) is 28.4 Å². The third kappa shape index (κ3) is 8.65. The fourth-order valence-corrected chi connectivity index (χ4v) is 10.6. The fraction of sp³-hybridized carbons (Fsp3) is 0.460. The number of ketones is 1. The molecule has 7 rings (SSSR count). The molecule has 0 aromatic heterocycles. The van der Waals surface area contributed by atoms with Crippen molar-refractivity contribution in [3.05, 3.63) is 119 Å². The Morgan fingerprint density at radius 2 is 1.45 bits per heavy atom. The molecule has 0 spiro atoms. The van der Waals surface area contributed by atoms with E-state index in [1.165, 1.54) is 26.0 Å². The van der Waals surface area contributed by atoms with Crippen molar-refractivity contribution in [3.8, 4) is 0 Å². The number of hydrogen-bond acceptors (Lipinski definition) is 15. The van der Waals surface area contributed by atoms with Crippen LogP contribution in [0.3, 0.4) is 0 Å². The SMILES string of the molecule is CC(=O)OC1C(=O)[C@@]2(C)C([C@H](OC(=O)c3ccccc3)[C@]3(O)C[C@H](OC(=O)[C@H](OC(=O)CC[NH3+])C(NC(=O)c4ccccc4)c4ccccc4)C(C)=C1C3(C)C)C1(OC(C)=O)COC1C[C@@H]2O. The van der Waals surface area contributed by atoms with Gasteiger partial charge in [-0.05, 0) is 54.8 Å². The van der Waals surface area contributed by atoms with Gasteiger partial charge in [0.15, 0.2) is 17.5 Å². The third-order valence-corrected chi connectivity index (χ3v) is 14.1. The molecule has 3 aromatic carbocycles. The molecule has 0 radical (unpaired) electrons. The van der Waals surface area contributed by atoms with E-state index >= 15 is 9.59 Å². The molecule has 1 heterocycles. The molecular formula is C50H57N2O15+. The summed E-state index contributed by atoms with van der Waals surface area (Å²) in [4.78, 5) is 98.4. The maximum Gasteiger partial charge on any atom is 0.350 e. The molecule has 1 amide bonds. The molecule has 6 N–H and O–H groups in total. The van der Waals surface area contributed by atoms with Gasteiger partial charge < -0.3 is 49.7 Å². The van der Waals surface area contributed by atoms with Crippen LogP contribution < -0.4 is 11.1 Å². The molecule has 17 nitrogen and oxygen atoms in total. The second-order valence-electron chi connectivity index (χ2n) is 18.4. The molecule has 3 aliphatic carbocycles. The number of benzene rings is 3. The Hall–Kier alpha value is -6.27. The lowest BCUT2D eigenvalue weighted by atomic mass is 9.44. The Morgan fingerprint density at radius 1 is 0.851 bits per heavy atom. The Balaban J connectivity index is 1.42. The standard InChI is InChI=1S/C50H56N2O15/c1-27-33(64-46(60)40(65-36(56)22-23-51)38(30-16-10-7-11-17-30)52-44(58)31-18-12-8-13-19-31)25-50(61)43(66-45(59)32-20-14-9-15-21-32)41-48(6,34(55)24-35-49(41,26-62-35)67-29(3)54)42(57)39(63-28(2)53)37(27)47(50,4)5/h7-21,33-35,38-41,43,55,61H,22-26,51H2,1-6H3,(H,52,58)/p+1/t33-,34-,35?,38?,39?,40+,41?,43-,48+,49?,50+/m0/s1. The lowest BCUT2D eigenvalue weighted by Crippen LogP contribution is -2.82. The Morgan fingerprint density at radius 3 is 2.00 bits per heavy atom. The summed E-state index contributed by atoms with van der Waals surface area (Å²) in [6.45, 7) is 8.03. The third-order valence-electron chi connectivity index (χ3n) is 14.1. The van der Waals surface area contributed by atoms with E-state index in [0.29, 0.717) is 5.56 Å². The minimum absolute atomic E-state index is 0.0250. The number of fused-ring (bicyclic) bond motifs is 5. The van der Waals surface area contributed by atoms with Gasteiger partial charge in [0.25, 0.3) is 5.91 Å². The molecule has 3 fully saturated rings. The highest BCUT2D eigenvalue weighted by Gasteiger charge is 2.78. The first-order valence-corrected chi connectivity index (χ1v) is 22.2. The van der Waals surface area contributed by atoms with E-state index in [0.717, 1.165) is 13.8 Å². The number of aliphatic hydroxyl groups excluding tert-OH is 1. The second-order valence-corrected chi connectivity index (χ2v) is 18.4. The van der Waals surface area contributed by atoms with E-state index < -0.39 is 119 Å². The molecule has 2 saturated carbocycles. The smallest absolute Gasteiger partial charge is 0.350 e. The molecule has 2 bridgehead atoms. The minimum atomic E-state index is -2.44. The van der Waals surface area contributed by atoms with Crippen LogP contribution in [0.5, 0.6) is 0 Å². The van der Waals surface area contributed by atoms with Gasteiger partial charge in [0.05, 0.1) is 42.6 Å². The molecule has 17 heteroatoms. The van der Waals surface area contributed by atoms with Crippen LogP contribution >= 0.6 is 0 Å². The van der Waals surface area contributed by atoms with Crippen LogP contribution in [0.2, 0.25) is 0 Å². The average molecular weight is 926 g/mol. The Kier molecular flexibility index (Phi) is 13.6. The zero-order chi connectivity index (χ0) is 48.6. The summed E-state index contributed by atoms with van der Waals surface area (Å²) < 4.78 is 36.5. The van der Waals surface area contributed by atoms with Gasteiger partial charge in [-0.25, -0.2) is 9.59 Å². The molecule has 3 aromatic rings. The van der Waals surface area contributed by atoms with Crippen molar-refractivity contribution in [2.75, 3.05) is 13.2 Å². The maximum absolute atomic E-state index is 15.6. The Bertz CT molecular complexity index is 2440. The molecule has 1 saturated heterocycles. The van der Waals surface area contributed by atoms with Gasteiger partial charge in [-0.15, -0.1) is 0 Å². The number of carbonyl (C=O) groups is 7. The summed E-state index contributed by atoms with van der Waals surface area (Å²) in [7, 11) is 0. The predicted octanol–water partition coefficient (Wildman–Crippen LogP) is 2.92. The quantitative estimate of drug-likeness (QED) is 0.109. The second kappa shape index (κ2) is 18.8. The van der Waals surface area contributed by atoms with E-state index in [-0.39, 0.29) is 48.3 Å². The number of amides is 1. The van der Waals surface area contributed by atoms with Gasteiger partial charge in [-0.3, -0.25) is 24.0 Å². The van der Waals surface area contributed by atoms with Gasteiger partial charge in [0.2, 0.25) is 6.10 Å². The molecule has 67 heavy (non-hydrogen) atoms. The van der Waals surface area contributed by atoms with Gasteiger partial charge in [-0.2, -0.15) is 0 Å². The fourth-order valence-electron chi connectivity index (χ4n) is 10.6. The number of esters is 5. The summed E-state index contributed by atoms with van der Waals surface area (Å²) in [5.74, 6) is -7.75. The average Bonchev–Trinajstić information content (AvgIpc) is 3.29. The van der Waals surface area contributed by atoms with Crippen LogP contribution in [0.25, 0.3) is 0 Å². The number of rotatable bonds is 13. The largest absolute Gasteiger partial charge is 0.455 e. The van der Waals surface area contributed by atoms with E-state index in [9.17, 15) is 34.2 Å². The summed E-state index contributed by atoms with van der Waals surface area (Å²) in [5, 5.41) is 28.8. The van der Waals surface area contributed by atoms with Gasteiger partial charge in [0.1, 0.15) is 30.0 Å². The minimum Gasteiger partial charge on any atom is -0.455 e. The molecule has 4 aliphatic rings. The van der Waals surface area contributed by atoms with Crippen LogP contribution in [-0.2, 0) is 52.4 Å². The number of nitrogens with one attached hydrogen (secondary N) is 1. The van der Waals surface area contributed by atoms with E-state index in [1.807, 2.05) is 0 Å². The summed E-state index contributed by atoms with van der Waals surface area (Å²) in [6, 6.07) is 22.9. The first-order valence-electron chi connectivity index (χ1n) is 22.2. The first-order chi connectivity index (χ1) is 31.7. The highest BCUT2D eigenvalue weighted by Crippen LogP contribution is 2.64. The van der Waals surface area contributed by atoms with Gasteiger partial charge in [-0.1, -0.05) is 80.6 Å². The molecule has 356 valence electrons. The van der Waals surface area contributed by atoms with Crippen LogP contribution in [0.4, 0.5) is 0 Å². The summed E-state index contributed by atoms with van der Waals surface area (Å²) in [5.41, 5.74) is -3.53. The van der Waals surface area contributed by atoms with Gasteiger partial charge >= 0.3 is 29.8 Å².